The van der Waals surface area contributed by atoms with E-state index in [1.165, 1.54) is 4.31 Å². The van der Waals surface area contributed by atoms with Crippen molar-refractivity contribution < 1.29 is 12.6 Å². The number of alkyl halides is 1. The summed E-state index contributed by atoms with van der Waals surface area (Å²) in [6, 6.07) is 0. The molecule has 4 nitrogen and oxygen atoms in total. The van der Waals surface area contributed by atoms with Crippen molar-refractivity contribution in [1.82, 2.24) is 4.31 Å². The van der Waals surface area contributed by atoms with E-state index in [0.29, 0.717) is 13.1 Å². The lowest BCUT2D eigenvalue weighted by Crippen LogP contribution is -2.38. The Kier molecular flexibility index (Phi) is 5.50. The molecular formula is C10H20ClNO3S. The summed E-state index contributed by atoms with van der Waals surface area (Å²) in [5.41, 5.74) is 0. The second kappa shape index (κ2) is 6.19. The zero-order chi connectivity index (χ0) is 12.2. The molecule has 0 amide bonds. The average Bonchev–Trinajstić information content (AvgIpc) is 2.22. The molecule has 1 saturated carbocycles. The molecule has 0 heterocycles. The van der Waals surface area contributed by atoms with Crippen molar-refractivity contribution in [3.05, 3.63) is 0 Å². The van der Waals surface area contributed by atoms with E-state index < -0.39 is 10.3 Å². The van der Waals surface area contributed by atoms with Crippen molar-refractivity contribution in [3.8, 4) is 0 Å². The van der Waals surface area contributed by atoms with E-state index in [1.807, 2.05) is 0 Å². The van der Waals surface area contributed by atoms with Crippen molar-refractivity contribution >= 4 is 21.9 Å². The number of nitrogens with zero attached hydrogens (tertiary/aromatic N) is 1. The van der Waals surface area contributed by atoms with Crippen LogP contribution in [-0.4, -0.2) is 37.3 Å². The summed E-state index contributed by atoms with van der Waals surface area (Å²) in [7, 11) is -3.61. The molecule has 6 heteroatoms. The maximum absolute atomic E-state index is 11.9. The lowest BCUT2D eigenvalue weighted by atomic mass is 9.97. The van der Waals surface area contributed by atoms with Gasteiger partial charge in [0.2, 0.25) is 0 Å². The predicted octanol–water partition coefficient (Wildman–Crippen LogP) is 2.14. The molecule has 0 saturated heterocycles. The first-order valence-corrected chi connectivity index (χ1v) is 7.63. The van der Waals surface area contributed by atoms with Gasteiger partial charge in [-0.2, -0.15) is 12.7 Å². The van der Waals surface area contributed by atoms with Gasteiger partial charge in [0, 0.05) is 13.1 Å². The SMILES string of the molecule is CCN(CC)S(=O)(=O)O[C@H]1CCCC[C@@H]1Cl. The summed E-state index contributed by atoms with van der Waals surface area (Å²) in [5, 5.41) is -0.181. The second-order valence-corrected chi connectivity index (χ2v) is 6.10. The Labute approximate surface area is 103 Å². The van der Waals surface area contributed by atoms with E-state index in [0.717, 1.165) is 25.7 Å². The zero-order valence-corrected chi connectivity index (χ0v) is 11.4. The van der Waals surface area contributed by atoms with Crippen LogP contribution in [0.1, 0.15) is 39.5 Å². The highest BCUT2D eigenvalue weighted by molar-refractivity contribution is 7.84. The molecule has 0 unspecified atom stereocenters. The van der Waals surface area contributed by atoms with E-state index in [2.05, 4.69) is 0 Å². The van der Waals surface area contributed by atoms with Gasteiger partial charge in [-0.1, -0.05) is 26.7 Å². The first-order chi connectivity index (χ1) is 7.51. The van der Waals surface area contributed by atoms with Gasteiger partial charge < -0.3 is 0 Å². The van der Waals surface area contributed by atoms with E-state index in [9.17, 15) is 8.42 Å². The van der Waals surface area contributed by atoms with Crippen LogP contribution in [0.5, 0.6) is 0 Å². The molecular weight excluding hydrogens is 250 g/mol. The second-order valence-electron chi connectivity index (χ2n) is 3.98. The molecule has 0 aliphatic heterocycles. The third-order valence-electron chi connectivity index (χ3n) is 2.89. The van der Waals surface area contributed by atoms with Gasteiger partial charge in [-0.3, -0.25) is 4.18 Å². The number of hydrogen-bond donors (Lipinski definition) is 0. The summed E-state index contributed by atoms with van der Waals surface area (Å²) in [6.07, 6.45) is 3.25. The van der Waals surface area contributed by atoms with Gasteiger partial charge in [0.05, 0.1) is 11.5 Å². The van der Waals surface area contributed by atoms with Gasteiger partial charge in [0.15, 0.2) is 0 Å². The summed E-state index contributed by atoms with van der Waals surface area (Å²) in [6.45, 7) is 4.45. The van der Waals surface area contributed by atoms with Crippen molar-refractivity contribution in [2.75, 3.05) is 13.1 Å². The zero-order valence-electron chi connectivity index (χ0n) is 9.86. The highest BCUT2D eigenvalue weighted by atomic mass is 35.5. The first-order valence-electron chi connectivity index (χ1n) is 5.83. The molecule has 0 N–H and O–H groups in total. The highest BCUT2D eigenvalue weighted by Gasteiger charge is 2.31. The third-order valence-corrected chi connectivity index (χ3v) is 5.03. The molecule has 1 aliphatic carbocycles. The van der Waals surface area contributed by atoms with E-state index in [1.54, 1.807) is 13.8 Å². The Morgan fingerprint density at radius 2 is 1.81 bits per heavy atom. The molecule has 0 spiro atoms. The molecule has 0 radical (unpaired) electrons. The molecule has 96 valence electrons. The average molecular weight is 270 g/mol. The maximum atomic E-state index is 11.9. The standard InChI is InChI=1S/C10H20ClNO3S/c1-3-12(4-2)16(13,14)15-10-8-6-5-7-9(10)11/h9-10H,3-8H2,1-2H3/t9-,10-/m0/s1. The van der Waals surface area contributed by atoms with E-state index in [4.69, 9.17) is 15.8 Å². The highest BCUT2D eigenvalue weighted by Crippen LogP contribution is 2.27. The molecule has 0 aromatic carbocycles. The maximum Gasteiger partial charge on any atom is 0.338 e. The fraction of sp³-hybridized carbons (Fsp3) is 1.00. The van der Waals surface area contributed by atoms with Crippen LogP contribution in [0.15, 0.2) is 0 Å². The molecule has 0 bridgehead atoms. The Bertz CT molecular complexity index is 303. The summed E-state index contributed by atoms with van der Waals surface area (Å²) >= 11 is 6.07. The van der Waals surface area contributed by atoms with E-state index in [-0.39, 0.29) is 11.5 Å². The number of rotatable bonds is 5. The summed E-state index contributed by atoms with van der Waals surface area (Å²) in [5.74, 6) is 0. The molecule has 1 fully saturated rings. The minimum absolute atomic E-state index is 0.181. The minimum atomic E-state index is -3.61. The van der Waals surface area contributed by atoms with Crippen molar-refractivity contribution in [2.24, 2.45) is 0 Å². The van der Waals surface area contributed by atoms with Crippen LogP contribution in [0.4, 0.5) is 0 Å². The summed E-state index contributed by atoms with van der Waals surface area (Å²) in [4.78, 5) is 0. The van der Waals surface area contributed by atoms with Crippen LogP contribution in [0, 0.1) is 0 Å². The van der Waals surface area contributed by atoms with Crippen LogP contribution < -0.4 is 0 Å². The Balaban J connectivity index is 2.63. The van der Waals surface area contributed by atoms with Crippen LogP contribution in [-0.2, 0) is 14.5 Å². The number of hydrogen-bond acceptors (Lipinski definition) is 3. The first kappa shape index (κ1) is 14.2. The smallest absolute Gasteiger partial charge is 0.253 e. The predicted molar refractivity (Wildman–Crippen MR) is 64.8 cm³/mol. The minimum Gasteiger partial charge on any atom is -0.253 e. The van der Waals surface area contributed by atoms with Gasteiger partial charge in [0.1, 0.15) is 0 Å². The molecule has 1 aliphatic rings. The summed E-state index contributed by atoms with van der Waals surface area (Å²) < 4.78 is 30.2. The molecule has 2 atom stereocenters. The lowest BCUT2D eigenvalue weighted by molar-refractivity contribution is 0.150. The van der Waals surface area contributed by atoms with Crippen LogP contribution >= 0.6 is 11.6 Å². The van der Waals surface area contributed by atoms with Crippen molar-refractivity contribution in [3.63, 3.8) is 0 Å². The molecule has 0 aromatic rings. The van der Waals surface area contributed by atoms with Crippen LogP contribution in [0.3, 0.4) is 0 Å². The quantitative estimate of drug-likeness (QED) is 0.719. The van der Waals surface area contributed by atoms with Crippen molar-refractivity contribution in [1.29, 1.82) is 0 Å². The van der Waals surface area contributed by atoms with Gasteiger partial charge in [0.25, 0.3) is 0 Å². The van der Waals surface area contributed by atoms with Gasteiger partial charge in [-0.25, -0.2) is 0 Å². The van der Waals surface area contributed by atoms with Gasteiger partial charge in [-0.05, 0) is 12.8 Å². The normalized spacial score (nSPS) is 27.2. The lowest BCUT2D eigenvalue weighted by Gasteiger charge is -2.28. The Morgan fingerprint density at radius 1 is 1.25 bits per heavy atom. The van der Waals surface area contributed by atoms with Gasteiger partial charge >= 0.3 is 10.3 Å². The Hall–Kier alpha value is 0.160. The van der Waals surface area contributed by atoms with Crippen molar-refractivity contribution in [2.45, 2.75) is 51.0 Å². The topological polar surface area (TPSA) is 46.6 Å². The van der Waals surface area contributed by atoms with E-state index >= 15 is 0 Å². The van der Waals surface area contributed by atoms with Gasteiger partial charge in [-0.15, -0.1) is 11.6 Å². The Morgan fingerprint density at radius 3 is 2.31 bits per heavy atom. The third kappa shape index (κ3) is 3.58. The fourth-order valence-corrected chi connectivity index (χ4v) is 3.61. The molecule has 1 rings (SSSR count). The van der Waals surface area contributed by atoms with Crippen LogP contribution in [0.25, 0.3) is 0 Å². The fourth-order valence-electron chi connectivity index (χ4n) is 1.92. The molecule has 16 heavy (non-hydrogen) atoms. The number of halogens is 1. The monoisotopic (exact) mass is 269 g/mol. The van der Waals surface area contributed by atoms with Crippen LogP contribution in [0.2, 0.25) is 0 Å². The largest absolute Gasteiger partial charge is 0.338 e. The molecule has 0 aromatic heterocycles.